The van der Waals surface area contributed by atoms with Crippen LogP contribution in [0.5, 0.6) is 0 Å². The average Bonchev–Trinajstić information content (AvgIpc) is 2.85. The van der Waals surface area contributed by atoms with Crippen LogP contribution in [-0.2, 0) is 0 Å². The van der Waals surface area contributed by atoms with Gasteiger partial charge in [-0.1, -0.05) is 25.6 Å². The molecule has 0 aliphatic heterocycles. The Hall–Kier alpha value is -2.02. The van der Waals surface area contributed by atoms with E-state index in [4.69, 9.17) is 0 Å². The molecule has 1 aromatic carbocycles. The van der Waals surface area contributed by atoms with Crippen molar-refractivity contribution in [3.05, 3.63) is 53.7 Å². The van der Waals surface area contributed by atoms with E-state index in [0.29, 0.717) is 11.5 Å². The van der Waals surface area contributed by atoms with Gasteiger partial charge in [-0.25, -0.2) is 13.2 Å². The summed E-state index contributed by atoms with van der Waals surface area (Å²) in [6.07, 6.45) is 1.54. The van der Waals surface area contributed by atoms with Crippen molar-refractivity contribution >= 4 is 17.4 Å². The first-order valence-electron chi connectivity index (χ1n) is 6.63. The van der Waals surface area contributed by atoms with Gasteiger partial charge in [0.25, 0.3) is 0 Å². The third-order valence-corrected chi connectivity index (χ3v) is 4.19. The molecule has 0 atom stereocenters. The molecule has 0 amide bonds. The van der Waals surface area contributed by atoms with Gasteiger partial charge in [-0.15, -0.1) is 10.2 Å². The second-order valence-electron chi connectivity index (χ2n) is 5.10. The van der Waals surface area contributed by atoms with Crippen molar-refractivity contribution in [2.75, 3.05) is 0 Å². The van der Waals surface area contributed by atoms with E-state index in [-0.39, 0.29) is 15.7 Å². The zero-order valence-corrected chi connectivity index (χ0v) is 12.7. The molecule has 0 unspecified atom stereocenters. The van der Waals surface area contributed by atoms with Gasteiger partial charge in [-0.05, 0) is 12.1 Å². The van der Waals surface area contributed by atoms with E-state index in [9.17, 15) is 13.2 Å². The molecule has 0 aliphatic rings. The lowest BCUT2D eigenvalue weighted by Crippen LogP contribution is -1.98. The summed E-state index contributed by atoms with van der Waals surface area (Å²) in [7, 11) is 0. The van der Waals surface area contributed by atoms with E-state index >= 15 is 0 Å². The maximum atomic E-state index is 14.1. The second kappa shape index (κ2) is 5.64. The molecule has 3 nitrogen and oxygen atoms in total. The molecule has 0 bridgehead atoms. The molecular weight excluding hydrogens is 311 g/mol. The molecular formula is C15H12F3N3S. The standard InChI is InChI=1S/C15H12F3N3S/c1-8(2)15-20-19-14-6-11(18)13(7-21(14)15)22-12-4-3-9(16)5-10(12)17/h3-8H,1-2H3. The number of aromatic nitrogens is 3. The lowest BCUT2D eigenvalue weighted by molar-refractivity contribution is 0.565. The minimum Gasteiger partial charge on any atom is -0.285 e. The number of halogens is 3. The summed E-state index contributed by atoms with van der Waals surface area (Å²) < 4.78 is 42.5. The van der Waals surface area contributed by atoms with Crippen molar-refractivity contribution < 1.29 is 13.2 Å². The van der Waals surface area contributed by atoms with Crippen LogP contribution in [0.2, 0.25) is 0 Å². The Labute approximate surface area is 129 Å². The molecule has 7 heteroatoms. The van der Waals surface area contributed by atoms with Crippen LogP contribution in [0.25, 0.3) is 5.65 Å². The van der Waals surface area contributed by atoms with Crippen LogP contribution >= 0.6 is 11.8 Å². The minimum atomic E-state index is -0.725. The molecule has 22 heavy (non-hydrogen) atoms. The highest BCUT2D eigenvalue weighted by atomic mass is 32.2. The third-order valence-electron chi connectivity index (χ3n) is 3.12. The zero-order valence-electron chi connectivity index (χ0n) is 11.8. The fraction of sp³-hybridized carbons (Fsp3) is 0.200. The Morgan fingerprint density at radius 1 is 1.00 bits per heavy atom. The first-order chi connectivity index (χ1) is 10.5. The fourth-order valence-electron chi connectivity index (χ4n) is 2.06. The van der Waals surface area contributed by atoms with Crippen LogP contribution in [0.1, 0.15) is 25.6 Å². The highest BCUT2D eigenvalue weighted by Gasteiger charge is 2.15. The number of nitrogens with zero attached hydrogens (tertiary/aromatic N) is 3. The summed E-state index contributed by atoms with van der Waals surface area (Å²) in [6.45, 7) is 3.90. The molecule has 0 saturated carbocycles. The molecule has 0 radical (unpaired) electrons. The highest BCUT2D eigenvalue weighted by Crippen LogP contribution is 2.32. The van der Waals surface area contributed by atoms with Gasteiger partial charge >= 0.3 is 0 Å². The van der Waals surface area contributed by atoms with Gasteiger partial charge in [-0.2, -0.15) is 0 Å². The van der Waals surface area contributed by atoms with Crippen molar-refractivity contribution in [1.82, 2.24) is 14.6 Å². The van der Waals surface area contributed by atoms with Gasteiger partial charge in [0.1, 0.15) is 23.3 Å². The smallest absolute Gasteiger partial charge is 0.163 e. The lowest BCUT2D eigenvalue weighted by atomic mass is 10.2. The average molecular weight is 323 g/mol. The van der Waals surface area contributed by atoms with Crippen LogP contribution in [0.15, 0.2) is 40.3 Å². The minimum absolute atomic E-state index is 0.112. The fourth-order valence-corrected chi connectivity index (χ4v) is 2.90. The first kappa shape index (κ1) is 14.9. The number of rotatable bonds is 3. The number of hydrogen-bond acceptors (Lipinski definition) is 3. The topological polar surface area (TPSA) is 30.2 Å². The van der Waals surface area contributed by atoms with Gasteiger partial charge in [0, 0.05) is 29.1 Å². The van der Waals surface area contributed by atoms with Crippen molar-refractivity contribution in [3.8, 4) is 0 Å². The Bertz CT molecular complexity index is 845. The van der Waals surface area contributed by atoms with Gasteiger partial charge in [-0.3, -0.25) is 4.40 Å². The first-order valence-corrected chi connectivity index (χ1v) is 7.44. The highest BCUT2D eigenvalue weighted by molar-refractivity contribution is 7.99. The Balaban J connectivity index is 2.06. The van der Waals surface area contributed by atoms with Gasteiger partial charge in [0.2, 0.25) is 0 Å². The van der Waals surface area contributed by atoms with Crippen LogP contribution < -0.4 is 0 Å². The number of fused-ring (bicyclic) bond motifs is 1. The maximum absolute atomic E-state index is 14.1. The summed E-state index contributed by atoms with van der Waals surface area (Å²) >= 11 is 0.895. The Morgan fingerprint density at radius 2 is 1.73 bits per heavy atom. The largest absolute Gasteiger partial charge is 0.285 e. The summed E-state index contributed by atoms with van der Waals surface area (Å²) in [5, 5.41) is 7.94. The zero-order chi connectivity index (χ0) is 15.9. The summed E-state index contributed by atoms with van der Waals surface area (Å²) in [4.78, 5) is 0.374. The SMILES string of the molecule is CC(C)c1nnc2cc(F)c(Sc3ccc(F)cc3F)cn12. The van der Waals surface area contributed by atoms with Crippen molar-refractivity contribution in [1.29, 1.82) is 0 Å². The summed E-state index contributed by atoms with van der Waals surface area (Å²) in [5.74, 6) is -1.11. The van der Waals surface area contributed by atoms with Crippen molar-refractivity contribution in [2.24, 2.45) is 0 Å². The van der Waals surface area contributed by atoms with Gasteiger partial charge in [0.05, 0.1) is 4.90 Å². The van der Waals surface area contributed by atoms with Crippen LogP contribution in [0, 0.1) is 17.5 Å². The van der Waals surface area contributed by atoms with Crippen molar-refractivity contribution in [2.45, 2.75) is 29.6 Å². The van der Waals surface area contributed by atoms with E-state index in [0.717, 1.165) is 23.9 Å². The van der Waals surface area contributed by atoms with Crippen LogP contribution in [-0.4, -0.2) is 14.6 Å². The van der Waals surface area contributed by atoms with E-state index in [2.05, 4.69) is 10.2 Å². The van der Waals surface area contributed by atoms with E-state index in [1.165, 1.54) is 18.3 Å². The number of benzene rings is 1. The molecule has 0 spiro atoms. The van der Waals surface area contributed by atoms with E-state index in [1.807, 2.05) is 13.8 Å². The quantitative estimate of drug-likeness (QED) is 0.715. The normalized spacial score (nSPS) is 11.5. The second-order valence-corrected chi connectivity index (χ2v) is 6.19. The van der Waals surface area contributed by atoms with Gasteiger partial charge < -0.3 is 0 Å². The molecule has 0 fully saturated rings. The van der Waals surface area contributed by atoms with Gasteiger partial charge in [0.15, 0.2) is 5.65 Å². The Morgan fingerprint density at radius 3 is 2.41 bits per heavy atom. The molecule has 2 heterocycles. The van der Waals surface area contributed by atoms with E-state index in [1.54, 1.807) is 4.40 Å². The lowest BCUT2D eigenvalue weighted by Gasteiger charge is -2.07. The maximum Gasteiger partial charge on any atom is 0.163 e. The third kappa shape index (κ3) is 2.68. The monoisotopic (exact) mass is 323 g/mol. The molecule has 114 valence electrons. The van der Waals surface area contributed by atoms with E-state index < -0.39 is 17.5 Å². The molecule has 3 rings (SSSR count). The number of hydrogen-bond donors (Lipinski definition) is 0. The predicted molar refractivity (Wildman–Crippen MR) is 77.5 cm³/mol. The van der Waals surface area contributed by atoms with Crippen LogP contribution in [0.3, 0.4) is 0 Å². The predicted octanol–water partition coefficient (Wildman–Crippen LogP) is 4.42. The molecule has 0 N–H and O–H groups in total. The number of pyridine rings is 1. The molecule has 0 saturated heterocycles. The summed E-state index contributed by atoms with van der Waals surface area (Å²) in [5.41, 5.74) is 0.394. The molecule has 2 aromatic heterocycles. The summed E-state index contributed by atoms with van der Waals surface area (Å²) in [6, 6.07) is 4.45. The Kier molecular flexibility index (Phi) is 3.82. The van der Waals surface area contributed by atoms with Crippen molar-refractivity contribution in [3.63, 3.8) is 0 Å². The molecule has 0 aliphatic carbocycles. The van der Waals surface area contributed by atoms with Crippen LogP contribution in [0.4, 0.5) is 13.2 Å². The molecule has 3 aromatic rings.